The molecule has 1 heterocycles. The summed E-state index contributed by atoms with van der Waals surface area (Å²) in [5, 5.41) is 0. The van der Waals surface area contributed by atoms with Crippen LogP contribution in [0.25, 0.3) is 0 Å². The number of nitrogens with zero attached hydrogens (tertiary/aromatic N) is 1. The van der Waals surface area contributed by atoms with E-state index in [1.165, 1.54) is 14.2 Å². The largest absolute Gasteiger partial charge is 0.468 e. The summed E-state index contributed by atoms with van der Waals surface area (Å²) < 4.78 is 9.28. The van der Waals surface area contributed by atoms with Crippen molar-refractivity contribution >= 4 is 11.9 Å². The van der Waals surface area contributed by atoms with Gasteiger partial charge in [0, 0.05) is 0 Å². The SMILES string of the molecule is COC(=O)CN1CCCCC1C(=O)OC. The molecular formula is C10H17NO4. The molecule has 1 aliphatic rings. The van der Waals surface area contributed by atoms with Gasteiger partial charge in [-0.2, -0.15) is 0 Å². The summed E-state index contributed by atoms with van der Waals surface area (Å²) in [7, 11) is 2.71. The zero-order valence-electron chi connectivity index (χ0n) is 9.19. The fourth-order valence-corrected chi connectivity index (χ4v) is 1.81. The Morgan fingerprint density at radius 2 is 2.00 bits per heavy atom. The van der Waals surface area contributed by atoms with E-state index >= 15 is 0 Å². The number of likely N-dealkylation sites (tertiary alicyclic amines) is 1. The van der Waals surface area contributed by atoms with Gasteiger partial charge in [0.05, 0.1) is 20.8 Å². The van der Waals surface area contributed by atoms with E-state index in [1.54, 1.807) is 0 Å². The molecule has 1 saturated heterocycles. The number of methoxy groups -OCH3 is 2. The van der Waals surface area contributed by atoms with Crippen molar-refractivity contribution in [1.29, 1.82) is 0 Å². The summed E-state index contributed by atoms with van der Waals surface area (Å²) in [5.74, 6) is -0.579. The highest BCUT2D eigenvalue weighted by Gasteiger charge is 2.30. The monoisotopic (exact) mass is 215 g/mol. The van der Waals surface area contributed by atoms with Gasteiger partial charge in [0.25, 0.3) is 0 Å². The van der Waals surface area contributed by atoms with Crippen molar-refractivity contribution < 1.29 is 19.1 Å². The minimum absolute atomic E-state index is 0.163. The third-order valence-corrected chi connectivity index (χ3v) is 2.65. The maximum atomic E-state index is 11.4. The second-order valence-electron chi connectivity index (χ2n) is 3.58. The fraction of sp³-hybridized carbons (Fsp3) is 0.800. The Bertz CT molecular complexity index is 242. The Hall–Kier alpha value is -1.10. The Labute approximate surface area is 89.3 Å². The van der Waals surface area contributed by atoms with Crippen LogP contribution < -0.4 is 0 Å². The molecule has 0 N–H and O–H groups in total. The zero-order chi connectivity index (χ0) is 11.3. The van der Waals surface area contributed by atoms with Crippen LogP contribution in [0.3, 0.4) is 0 Å². The lowest BCUT2D eigenvalue weighted by molar-refractivity contribution is -0.151. The second kappa shape index (κ2) is 5.70. The van der Waals surface area contributed by atoms with Crippen molar-refractivity contribution in [3.05, 3.63) is 0 Å². The van der Waals surface area contributed by atoms with Crippen molar-refractivity contribution in [3.8, 4) is 0 Å². The van der Waals surface area contributed by atoms with E-state index in [-0.39, 0.29) is 24.5 Å². The normalized spacial score (nSPS) is 22.1. The number of carbonyl (C=O) groups is 2. The molecule has 0 amide bonds. The Morgan fingerprint density at radius 1 is 1.27 bits per heavy atom. The maximum Gasteiger partial charge on any atom is 0.323 e. The molecule has 1 unspecified atom stereocenters. The summed E-state index contributed by atoms with van der Waals surface area (Å²) >= 11 is 0. The summed E-state index contributed by atoms with van der Waals surface area (Å²) in [6.45, 7) is 0.908. The van der Waals surface area contributed by atoms with Gasteiger partial charge >= 0.3 is 11.9 Å². The van der Waals surface area contributed by atoms with Gasteiger partial charge in [0.2, 0.25) is 0 Å². The second-order valence-corrected chi connectivity index (χ2v) is 3.58. The van der Waals surface area contributed by atoms with Crippen LogP contribution in [0.2, 0.25) is 0 Å². The maximum absolute atomic E-state index is 11.4. The number of esters is 2. The van der Waals surface area contributed by atoms with Gasteiger partial charge < -0.3 is 9.47 Å². The molecule has 1 fully saturated rings. The molecule has 5 nitrogen and oxygen atoms in total. The van der Waals surface area contributed by atoms with Crippen LogP contribution in [-0.4, -0.2) is 50.2 Å². The highest BCUT2D eigenvalue weighted by molar-refractivity contribution is 5.77. The van der Waals surface area contributed by atoms with Crippen LogP contribution in [0, 0.1) is 0 Å². The number of ether oxygens (including phenoxy) is 2. The molecule has 0 radical (unpaired) electrons. The highest BCUT2D eigenvalue weighted by Crippen LogP contribution is 2.17. The summed E-state index contributed by atoms with van der Waals surface area (Å²) in [6, 6.07) is -0.289. The van der Waals surface area contributed by atoms with Gasteiger partial charge in [-0.15, -0.1) is 0 Å². The quantitative estimate of drug-likeness (QED) is 0.629. The van der Waals surface area contributed by atoms with Gasteiger partial charge in [0.15, 0.2) is 0 Å². The molecule has 15 heavy (non-hydrogen) atoms. The van der Waals surface area contributed by atoms with Gasteiger partial charge in [0.1, 0.15) is 6.04 Å². The Morgan fingerprint density at radius 3 is 2.60 bits per heavy atom. The number of piperidine rings is 1. The minimum atomic E-state index is -0.314. The summed E-state index contributed by atoms with van der Waals surface area (Å²) in [6.07, 6.45) is 2.76. The number of hydrogen-bond acceptors (Lipinski definition) is 5. The predicted octanol–water partition coefficient (Wildman–Crippen LogP) is 0.187. The van der Waals surface area contributed by atoms with Crippen molar-refractivity contribution in [3.63, 3.8) is 0 Å². The average Bonchev–Trinajstić information content (AvgIpc) is 2.28. The van der Waals surface area contributed by atoms with Crippen LogP contribution in [0.1, 0.15) is 19.3 Å². The van der Waals surface area contributed by atoms with E-state index in [0.29, 0.717) is 0 Å². The fourth-order valence-electron chi connectivity index (χ4n) is 1.81. The van der Waals surface area contributed by atoms with E-state index in [0.717, 1.165) is 25.8 Å². The molecule has 0 aromatic heterocycles. The number of carbonyl (C=O) groups excluding carboxylic acids is 2. The van der Waals surface area contributed by atoms with Crippen LogP contribution in [0.4, 0.5) is 0 Å². The van der Waals surface area contributed by atoms with Crippen LogP contribution >= 0.6 is 0 Å². The molecule has 1 rings (SSSR count). The molecule has 0 spiro atoms. The topological polar surface area (TPSA) is 55.8 Å². The molecule has 0 saturated carbocycles. The van der Waals surface area contributed by atoms with Gasteiger partial charge in [-0.25, -0.2) is 0 Å². The van der Waals surface area contributed by atoms with E-state index in [2.05, 4.69) is 4.74 Å². The van der Waals surface area contributed by atoms with Crippen molar-refractivity contribution in [2.45, 2.75) is 25.3 Å². The molecule has 86 valence electrons. The molecule has 1 aliphatic heterocycles. The average molecular weight is 215 g/mol. The van der Waals surface area contributed by atoms with Gasteiger partial charge in [-0.05, 0) is 19.4 Å². The van der Waals surface area contributed by atoms with Crippen molar-refractivity contribution in [2.24, 2.45) is 0 Å². The lowest BCUT2D eigenvalue weighted by Crippen LogP contribution is -2.47. The van der Waals surface area contributed by atoms with Gasteiger partial charge in [-0.1, -0.05) is 6.42 Å². The predicted molar refractivity (Wildman–Crippen MR) is 53.2 cm³/mol. The number of rotatable bonds is 3. The first-order valence-electron chi connectivity index (χ1n) is 5.07. The lowest BCUT2D eigenvalue weighted by atomic mass is 10.0. The van der Waals surface area contributed by atoms with E-state index in [9.17, 15) is 9.59 Å². The highest BCUT2D eigenvalue weighted by atomic mass is 16.5. The van der Waals surface area contributed by atoms with Crippen LogP contribution in [-0.2, 0) is 19.1 Å². The first-order chi connectivity index (χ1) is 7.19. The molecule has 1 atom stereocenters. The standard InChI is InChI=1S/C10H17NO4/c1-14-9(12)7-11-6-4-3-5-8(11)10(13)15-2/h8H,3-7H2,1-2H3. The molecule has 0 bridgehead atoms. The summed E-state index contributed by atoms with van der Waals surface area (Å²) in [4.78, 5) is 24.4. The lowest BCUT2D eigenvalue weighted by Gasteiger charge is -2.32. The first-order valence-corrected chi connectivity index (χ1v) is 5.07. The van der Waals surface area contributed by atoms with Crippen LogP contribution in [0.15, 0.2) is 0 Å². The first kappa shape index (κ1) is 12.0. The summed E-state index contributed by atoms with van der Waals surface area (Å²) in [5.41, 5.74) is 0. The molecule has 0 aromatic carbocycles. The number of hydrogen-bond donors (Lipinski definition) is 0. The minimum Gasteiger partial charge on any atom is -0.468 e. The Kier molecular flexibility index (Phi) is 4.55. The van der Waals surface area contributed by atoms with E-state index < -0.39 is 0 Å². The Balaban J connectivity index is 2.57. The van der Waals surface area contributed by atoms with Crippen LogP contribution in [0.5, 0.6) is 0 Å². The zero-order valence-corrected chi connectivity index (χ0v) is 9.19. The third-order valence-electron chi connectivity index (χ3n) is 2.65. The molecular weight excluding hydrogens is 198 g/mol. The smallest absolute Gasteiger partial charge is 0.323 e. The van der Waals surface area contributed by atoms with Crippen molar-refractivity contribution in [2.75, 3.05) is 27.3 Å². The third kappa shape index (κ3) is 3.20. The molecule has 0 aromatic rings. The van der Waals surface area contributed by atoms with Gasteiger partial charge in [-0.3, -0.25) is 14.5 Å². The molecule has 0 aliphatic carbocycles. The van der Waals surface area contributed by atoms with E-state index in [4.69, 9.17) is 4.74 Å². The van der Waals surface area contributed by atoms with E-state index in [1.807, 2.05) is 4.90 Å². The molecule has 5 heteroatoms. The van der Waals surface area contributed by atoms with Crippen molar-refractivity contribution in [1.82, 2.24) is 4.90 Å².